The molecule has 0 aromatic heterocycles. The van der Waals surface area contributed by atoms with E-state index in [1.54, 1.807) is 0 Å². The SMILES string of the molecule is Cl.NC[C@@H]1CCCCC[C@@H]1O. The van der Waals surface area contributed by atoms with Crippen LogP contribution in [0.3, 0.4) is 0 Å². The van der Waals surface area contributed by atoms with Crippen LogP contribution < -0.4 is 5.73 Å². The molecular formula is C8H18ClNO. The molecule has 1 fully saturated rings. The van der Waals surface area contributed by atoms with E-state index in [0.29, 0.717) is 12.5 Å². The maximum absolute atomic E-state index is 9.47. The van der Waals surface area contributed by atoms with Crippen molar-refractivity contribution < 1.29 is 5.11 Å². The van der Waals surface area contributed by atoms with Crippen LogP contribution >= 0.6 is 12.4 Å². The van der Waals surface area contributed by atoms with Crippen LogP contribution in [0.1, 0.15) is 32.1 Å². The largest absolute Gasteiger partial charge is 0.393 e. The van der Waals surface area contributed by atoms with E-state index in [2.05, 4.69) is 0 Å². The lowest BCUT2D eigenvalue weighted by Gasteiger charge is -2.17. The first-order valence-corrected chi connectivity index (χ1v) is 4.22. The Balaban J connectivity index is 0.000001000. The second kappa shape index (κ2) is 5.81. The van der Waals surface area contributed by atoms with Gasteiger partial charge in [-0.05, 0) is 25.3 Å². The summed E-state index contributed by atoms with van der Waals surface area (Å²) in [4.78, 5) is 0. The molecule has 1 rings (SSSR count). The number of aliphatic hydroxyl groups is 1. The van der Waals surface area contributed by atoms with E-state index in [1.807, 2.05) is 0 Å². The molecule has 0 heterocycles. The minimum absolute atomic E-state index is 0. The summed E-state index contributed by atoms with van der Waals surface area (Å²) in [5.74, 6) is 0.377. The first-order valence-electron chi connectivity index (χ1n) is 4.22. The Morgan fingerprint density at radius 2 is 1.82 bits per heavy atom. The average molecular weight is 180 g/mol. The van der Waals surface area contributed by atoms with Crippen molar-refractivity contribution in [2.24, 2.45) is 11.7 Å². The van der Waals surface area contributed by atoms with Gasteiger partial charge in [0.05, 0.1) is 6.10 Å². The number of aliphatic hydroxyl groups excluding tert-OH is 1. The summed E-state index contributed by atoms with van der Waals surface area (Å²) in [6, 6.07) is 0. The van der Waals surface area contributed by atoms with Gasteiger partial charge in [0.2, 0.25) is 0 Å². The van der Waals surface area contributed by atoms with Gasteiger partial charge >= 0.3 is 0 Å². The van der Waals surface area contributed by atoms with Gasteiger partial charge in [0.25, 0.3) is 0 Å². The fraction of sp³-hybridized carbons (Fsp3) is 1.00. The van der Waals surface area contributed by atoms with E-state index in [-0.39, 0.29) is 18.5 Å². The minimum atomic E-state index is -0.118. The van der Waals surface area contributed by atoms with Crippen LogP contribution in [0, 0.1) is 5.92 Å². The lowest BCUT2D eigenvalue weighted by molar-refractivity contribution is 0.105. The van der Waals surface area contributed by atoms with Gasteiger partial charge in [0.15, 0.2) is 0 Å². The Hall–Kier alpha value is 0.210. The summed E-state index contributed by atoms with van der Waals surface area (Å²) in [6.45, 7) is 0.654. The monoisotopic (exact) mass is 179 g/mol. The topological polar surface area (TPSA) is 46.2 Å². The smallest absolute Gasteiger partial charge is 0.0580 e. The van der Waals surface area contributed by atoms with E-state index in [9.17, 15) is 5.11 Å². The Kier molecular flexibility index (Phi) is 5.92. The average Bonchev–Trinajstić information content (AvgIpc) is 2.13. The van der Waals surface area contributed by atoms with Crippen LogP contribution in [0.2, 0.25) is 0 Å². The number of halogens is 1. The molecule has 3 N–H and O–H groups in total. The summed E-state index contributed by atoms with van der Waals surface area (Å²) >= 11 is 0. The second-order valence-electron chi connectivity index (χ2n) is 3.20. The van der Waals surface area contributed by atoms with Gasteiger partial charge < -0.3 is 10.8 Å². The van der Waals surface area contributed by atoms with Crippen molar-refractivity contribution in [1.29, 1.82) is 0 Å². The van der Waals surface area contributed by atoms with Crippen LogP contribution in [0.5, 0.6) is 0 Å². The molecule has 0 spiro atoms. The van der Waals surface area contributed by atoms with E-state index in [0.717, 1.165) is 12.8 Å². The fourth-order valence-corrected chi connectivity index (χ4v) is 1.64. The Morgan fingerprint density at radius 1 is 1.18 bits per heavy atom. The zero-order valence-electron chi connectivity index (χ0n) is 6.83. The standard InChI is InChI=1S/C8H17NO.ClH/c9-6-7-4-2-1-3-5-8(7)10;/h7-8,10H,1-6,9H2;1H/t7-,8-;/m0./s1. The molecule has 0 amide bonds. The van der Waals surface area contributed by atoms with Gasteiger partial charge in [-0.25, -0.2) is 0 Å². The zero-order valence-corrected chi connectivity index (χ0v) is 7.65. The van der Waals surface area contributed by atoms with Gasteiger partial charge in [0.1, 0.15) is 0 Å². The van der Waals surface area contributed by atoms with Gasteiger partial charge in [-0.1, -0.05) is 19.3 Å². The van der Waals surface area contributed by atoms with Crippen LogP contribution in [0.15, 0.2) is 0 Å². The third kappa shape index (κ3) is 3.41. The predicted molar refractivity (Wildman–Crippen MR) is 48.9 cm³/mol. The van der Waals surface area contributed by atoms with Crippen molar-refractivity contribution in [3.63, 3.8) is 0 Å². The summed E-state index contributed by atoms with van der Waals surface area (Å²) in [5, 5.41) is 9.47. The minimum Gasteiger partial charge on any atom is -0.393 e. The van der Waals surface area contributed by atoms with Gasteiger partial charge in [-0.15, -0.1) is 12.4 Å². The molecule has 68 valence electrons. The molecule has 0 bridgehead atoms. The molecule has 0 aromatic carbocycles. The van der Waals surface area contributed by atoms with Gasteiger partial charge in [-0.2, -0.15) is 0 Å². The molecule has 2 atom stereocenters. The summed E-state index contributed by atoms with van der Waals surface area (Å²) in [7, 11) is 0. The molecule has 0 radical (unpaired) electrons. The molecule has 0 saturated heterocycles. The highest BCUT2D eigenvalue weighted by atomic mass is 35.5. The summed E-state index contributed by atoms with van der Waals surface area (Å²) < 4.78 is 0. The Morgan fingerprint density at radius 3 is 2.45 bits per heavy atom. The molecule has 0 aromatic rings. The van der Waals surface area contributed by atoms with E-state index >= 15 is 0 Å². The maximum atomic E-state index is 9.47. The maximum Gasteiger partial charge on any atom is 0.0580 e. The van der Waals surface area contributed by atoms with Crippen molar-refractivity contribution in [2.75, 3.05) is 6.54 Å². The molecule has 1 saturated carbocycles. The molecule has 2 nitrogen and oxygen atoms in total. The number of hydrogen-bond acceptors (Lipinski definition) is 2. The normalized spacial score (nSPS) is 32.2. The van der Waals surface area contributed by atoms with Crippen molar-refractivity contribution in [1.82, 2.24) is 0 Å². The van der Waals surface area contributed by atoms with Crippen molar-refractivity contribution in [3.05, 3.63) is 0 Å². The first-order chi connectivity index (χ1) is 4.84. The van der Waals surface area contributed by atoms with Crippen LogP contribution in [-0.2, 0) is 0 Å². The molecule has 11 heavy (non-hydrogen) atoms. The second-order valence-corrected chi connectivity index (χ2v) is 3.20. The van der Waals surface area contributed by atoms with E-state index in [1.165, 1.54) is 19.3 Å². The molecular weight excluding hydrogens is 162 g/mol. The first kappa shape index (κ1) is 11.2. The van der Waals surface area contributed by atoms with E-state index < -0.39 is 0 Å². The van der Waals surface area contributed by atoms with Crippen molar-refractivity contribution in [3.8, 4) is 0 Å². The summed E-state index contributed by atoms with van der Waals surface area (Å²) in [5.41, 5.74) is 5.50. The summed E-state index contributed by atoms with van der Waals surface area (Å²) in [6.07, 6.45) is 5.66. The van der Waals surface area contributed by atoms with E-state index in [4.69, 9.17) is 5.73 Å². The zero-order chi connectivity index (χ0) is 7.40. The number of nitrogens with two attached hydrogens (primary N) is 1. The molecule has 0 unspecified atom stereocenters. The fourth-order valence-electron chi connectivity index (χ4n) is 1.64. The van der Waals surface area contributed by atoms with Gasteiger partial charge in [0, 0.05) is 0 Å². The highest BCUT2D eigenvalue weighted by molar-refractivity contribution is 5.85. The molecule has 1 aliphatic carbocycles. The van der Waals surface area contributed by atoms with Crippen molar-refractivity contribution >= 4 is 12.4 Å². The highest BCUT2D eigenvalue weighted by Crippen LogP contribution is 2.22. The third-order valence-electron chi connectivity index (χ3n) is 2.42. The number of rotatable bonds is 1. The van der Waals surface area contributed by atoms with Crippen LogP contribution in [0.4, 0.5) is 0 Å². The lowest BCUT2D eigenvalue weighted by Crippen LogP contribution is -2.26. The molecule has 3 heteroatoms. The van der Waals surface area contributed by atoms with Gasteiger partial charge in [-0.3, -0.25) is 0 Å². The van der Waals surface area contributed by atoms with Crippen LogP contribution in [-0.4, -0.2) is 17.8 Å². The van der Waals surface area contributed by atoms with Crippen molar-refractivity contribution in [2.45, 2.75) is 38.2 Å². The molecule has 0 aliphatic heterocycles. The third-order valence-corrected chi connectivity index (χ3v) is 2.42. The Bertz CT molecular complexity index is 100. The number of hydrogen-bond donors (Lipinski definition) is 2. The quantitative estimate of drug-likeness (QED) is 0.597. The van der Waals surface area contributed by atoms with Crippen LogP contribution in [0.25, 0.3) is 0 Å². The predicted octanol–water partition coefficient (Wildman–Crippen LogP) is 1.31. The molecule has 1 aliphatic rings. The highest BCUT2D eigenvalue weighted by Gasteiger charge is 2.19. The Labute approximate surface area is 74.6 Å². The lowest BCUT2D eigenvalue weighted by atomic mass is 9.98.